The van der Waals surface area contributed by atoms with E-state index in [0.717, 1.165) is 31.3 Å². The zero-order valence-corrected chi connectivity index (χ0v) is 19.4. The normalized spacial score (nSPS) is 23.7. The van der Waals surface area contributed by atoms with Gasteiger partial charge in [-0.3, -0.25) is 14.7 Å². The van der Waals surface area contributed by atoms with Gasteiger partial charge in [0.1, 0.15) is 4.90 Å². The Morgan fingerprint density at radius 2 is 1.81 bits per heavy atom. The molecule has 1 amide bonds. The number of fused-ring (bicyclic) bond motifs is 1. The van der Waals surface area contributed by atoms with Gasteiger partial charge in [-0.2, -0.15) is 4.31 Å². The monoisotopic (exact) mass is 444 g/mol. The van der Waals surface area contributed by atoms with Crippen molar-refractivity contribution in [3.8, 4) is 0 Å². The summed E-state index contributed by atoms with van der Waals surface area (Å²) in [6, 6.07) is 9.01. The van der Waals surface area contributed by atoms with Crippen molar-refractivity contribution in [2.45, 2.75) is 44.0 Å². The highest BCUT2D eigenvalue weighted by atomic mass is 32.2. The molecule has 31 heavy (non-hydrogen) atoms. The molecule has 168 valence electrons. The SMILES string of the molecule is CC[C@]1(N2CCN(S(=O)(=O)c3cccc4cccnc34)CC2)CCN(C(=O)C(C)C)C1. The molecule has 4 rings (SSSR count). The largest absolute Gasteiger partial charge is 0.341 e. The van der Waals surface area contributed by atoms with E-state index in [1.807, 2.05) is 36.9 Å². The number of aromatic nitrogens is 1. The van der Waals surface area contributed by atoms with Gasteiger partial charge in [-0.1, -0.05) is 39.0 Å². The molecule has 1 aromatic carbocycles. The van der Waals surface area contributed by atoms with Crippen molar-refractivity contribution in [3.63, 3.8) is 0 Å². The van der Waals surface area contributed by atoms with Crippen LogP contribution in [-0.4, -0.2) is 78.2 Å². The molecule has 1 atom stereocenters. The van der Waals surface area contributed by atoms with Crippen LogP contribution in [0.1, 0.15) is 33.6 Å². The van der Waals surface area contributed by atoms with Crippen LogP contribution < -0.4 is 0 Å². The Hall–Kier alpha value is -2.03. The minimum atomic E-state index is -3.62. The highest BCUT2D eigenvalue weighted by Gasteiger charge is 2.45. The van der Waals surface area contributed by atoms with Gasteiger partial charge in [-0.15, -0.1) is 0 Å². The number of nitrogens with zero attached hydrogens (tertiary/aromatic N) is 4. The van der Waals surface area contributed by atoms with E-state index in [0.29, 0.717) is 31.7 Å². The Morgan fingerprint density at radius 1 is 1.10 bits per heavy atom. The summed E-state index contributed by atoms with van der Waals surface area (Å²) < 4.78 is 28.4. The number of sulfonamides is 1. The molecular formula is C23H32N4O3S. The number of likely N-dealkylation sites (tertiary alicyclic amines) is 1. The smallest absolute Gasteiger partial charge is 0.245 e. The van der Waals surface area contributed by atoms with E-state index in [-0.39, 0.29) is 22.3 Å². The zero-order valence-electron chi connectivity index (χ0n) is 18.6. The molecule has 2 aliphatic rings. The predicted molar refractivity (Wildman–Crippen MR) is 121 cm³/mol. The molecule has 0 saturated carbocycles. The summed E-state index contributed by atoms with van der Waals surface area (Å²) in [7, 11) is -3.62. The molecule has 7 nitrogen and oxygen atoms in total. The summed E-state index contributed by atoms with van der Waals surface area (Å²) in [6.07, 6.45) is 3.53. The molecule has 1 aromatic heterocycles. The first-order chi connectivity index (χ1) is 14.8. The Bertz CT molecular complexity index is 1060. The number of amides is 1. The lowest BCUT2D eigenvalue weighted by Gasteiger charge is -2.45. The molecule has 0 aliphatic carbocycles. The molecule has 0 unspecified atom stereocenters. The van der Waals surface area contributed by atoms with Gasteiger partial charge < -0.3 is 4.90 Å². The summed E-state index contributed by atoms with van der Waals surface area (Å²) in [6.45, 7) is 9.83. The average molecular weight is 445 g/mol. The van der Waals surface area contributed by atoms with Gasteiger partial charge in [0.25, 0.3) is 0 Å². The number of carbonyl (C=O) groups excluding carboxylic acids is 1. The highest BCUT2D eigenvalue weighted by Crippen LogP contribution is 2.34. The fourth-order valence-electron chi connectivity index (χ4n) is 5.01. The van der Waals surface area contributed by atoms with Gasteiger partial charge in [-0.25, -0.2) is 8.42 Å². The number of carbonyl (C=O) groups is 1. The molecule has 0 spiro atoms. The first kappa shape index (κ1) is 22.2. The lowest BCUT2D eigenvalue weighted by Crippen LogP contribution is -2.59. The second kappa shape index (κ2) is 8.48. The molecule has 0 N–H and O–H groups in total. The van der Waals surface area contributed by atoms with Gasteiger partial charge in [-0.05, 0) is 25.0 Å². The fourth-order valence-corrected chi connectivity index (χ4v) is 6.59. The van der Waals surface area contributed by atoms with Crippen molar-refractivity contribution in [2.75, 3.05) is 39.3 Å². The van der Waals surface area contributed by atoms with Gasteiger partial charge in [0, 0.05) is 62.3 Å². The third-order valence-electron chi connectivity index (χ3n) is 6.92. The molecule has 0 radical (unpaired) electrons. The molecule has 2 aliphatic heterocycles. The number of pyridine rings is 1. The minimum absolute atomic E-state index is 0.00366. The van der Waals surface area contributed by atoms with Crippen LogP contribution in [0.25, 0.3) is 10.9 Å². The Balaban J connectivity index is 1.50. The van der Waals surface area contributed by atoms with Crippen molar-refractivity contribution < 1.29 is 13.2 Å². The molecule has 2 saturated heterocycles. The number of hydrogen-bond donors (Lipinski definition) is 0. The Labute approximate surface area is 185 Å². The van der Waals surface area contributed by atoms with E-state index in [1.54, 1.807) is 22.6 Å². The highest BCUT2D eigenvalue weighted by molar-refractivity contribution is 7.89. The van der Waals surface area contributed by atoms with Crippen molar-refractivity contribution in [1.82, 2.24) is 19.1 Å². The average Bonchev–Trinajstić information content (AvgIpc) is 3.24. The first-order valence-corrected chi connectivity index (χ1v) is 12.6. The quantitative estimate of drug-likeness (QED) is 0.709. The third kappa shape index (κ3) is 3.97. The van der Waals surface area contributed by atoms with Crippen molar-refractivity contribution in [3.05, 3.63) is 36.5 Å². The third-order valence-corrected chi connectivity index (χ3v) is 8.85. The Kier molecular flexibility index (Phi) is 6.07. The van der Waals surface area contributed by atoms with E-state index in [9.17, 15) is 13.2 Å². The van der Waals surface area contributed by atoms with Crippen LogP contribution in [0.4, 0.5) is 0 Å². The van der Waals surface area contributed by atoms with Crippen molar-refractivity contribution in [2.24, 2.45) is 5.92 Å². The lowest BCUT2D eigenvalue weighted by molar-refractivity contribution is -0.134. The van der Waals surface area contributed by atoms with E-state index < -0.39 is 10.0 Å². The zero-order chi connectivity index (χ0) is 22.2. The van der Waals surface area contributed by atoms with E-state index in [2.05, 4.69) is 16.8 Å². The van der Waals surface area contributed by atoms with Gasteiger partial charge >= 0.3 is 0 Å². The summed E-state index contributed by atoms with van der Waals surface area (Å²) in [5, 5.41) is 0.827. The van der Waals surface area contributed by atoms with Crippen LogP contribution in [0.5, 0.6) is 0 Å². The van der Waals surface area contributed by atoms with Crippen LogP contribution in [0.15, 0.2) is 41.4 Å². The van der Waals surface area contributed by atoms with Gasteiger partial charge in [0.2, 0.25) is 15.9 Å². The summed E-state index contributed by atoms with van der Waals surface area (Å²) in [5.41, 5.74) is 0.470. The molecule has 8 heteroatoms. The maximum absolute atomic E-state index is 13.4. The lowest BCUT2D eigenvalue weighted by atomic mass is 9.92. The minimum Gasteiger partial charge on any atom is -0.341 e. The number of rotatable bonds is 5. The standard InChI is InChI=1S/C23H32N4O3S/c1-4-23(10-12-25(17-23)22(28)18(2)3)26-13-15-27(16-14-26)31(29,30)20-9-5-7-19-8-6-11-24-21(19)20/h5-9,11,18H,4,10,12-17H2,1-3H3/t23-/m0/s1. The fraction of sp³-hybridized carbons (Fsp3) is 0.565. The molecular weight excluding hydrogens is 412 g/mol. The predicted octanol–water partition coefficient (Wildman–Crippen LogP) is 2.58. The van der Waals surface area contributed by atoms with Crippen LogP contribution in [0.3, 0.4) is 0 Å². The molecule has 2 aromatic rings. The second-order valence-electron chi connectivity index (χ2n) is 8.96. The first-order valence-electron chi connectivity index (χ1n) is 11.2. The topological polar surface area (TPSA) is 73.8 Å². The summed E-state index contributed by atoms with van der Waals surface area (Å²) >= 11 is 0. The molecule has 0 bridgehead atoms. The second-order valence-corrected chi connectivity index (χ2v) is 10.9. The maximum atomic E-state index is 13.4. The maximum Gasteiger partial charge on any atom is 0.245 e. The van der Waals surface area contributed by atoms with Gasteiger partial charge in [0.05, 0.1) is 5.52 Å². The number of hydrogen-bond acceptors (Lipinski definition) is 5. The van der Waals surface area contributed by atoms with Crippen molar-refractivity contribution in [1.29, 1.82) is 0 Å². The van der Waals surface area contributed by atoms with E-state index >= 15 is 0 Å². The van der Waals surface area contributed by atoms with E-state index in [4.69, 9.17) is 0 Å². The van der Waals surface area contributed by atoms with Crippen molar-refractivity contribution >= 4 is 26.8 Å². The molecule has 2 fully saturated rings. The van der Waals surface area contributed by atoms with Crippen LogP contribution in [0.2, 0.25) is 0 Å². The van der Waals surface area contributed by atoms with Crippen LogP contribution >= 0.6 is 0 Å². The number of piperazine rings is 1. The number of benzene rings is 1. The molecule has 3 heterocycles. The summed E-state index contributed by atoms with van der Waals surface area (Å²) in [5.74, 6) is 0.212. The van der Waals surface area contributed by atoms with E-state index in [1.165, 1.54) is 0 Å². The van der Waals surface area contributed by atoms with Crippen LogP contribution in [-0.2, 0) is 14.8 Å². The van der Waals surface area contributed by atoms with Gasteiger partial charge in [0.15, 0.2) is 0 Å². The summed E-state index contributed by atoms with van der Waals surface area (Å²) in [4.78, 5) is 21.5. The Morgan fingerprint density at radius 3 is 2.48 bits per heavy atom. The van der Waals surface area contributed by atoms with Crippen LogP contribution in [0, 0.1) is 5.92 Å². The number of para-hydroxylation sites is 1.